The standard InChI is InChI=1S/C19H28N4OS/c1-14(2)16-5-7-18(8-6-16)24-12-11-22-19(20-4)21-10-9-17-13-25-15(3)23-17/h5-8,13-14H,9-12H2,1-4H3,(H2,20,21,22). The van der Waals surface area contributed by atoms with Crippen molar-refractivity contribution in [2.24, 2.45) is 4.99 Å². The molecule has 2 N–H and O–H groups in total. The molecule has 0 spiro atoms. The molecule has 0 aliphatic rings. The number of hydrogen-bond donors (Lipinski definition) is 2. The second kappa shape index (κ2) is 10.0. The van der Waals surface area contributed by atoms with Gasteiger partial charge in [-0.1, -0.05) is 26.0 Å². The molecule has 0 aliphatic heterocycles. The summed E-state index contributed by atoms with van der Waals surface area (Å²) in [5.74, 6) is 2.22. The monoisotopic (exact) mass is 360 g/mol. The Morgan fingerprint density at radius 3 is 2.52 bits per heavy atom. The molecule has 6 heteroatoms. The minimum atomic E-state index is 0.540. The third kappa shape index (κ3) is 6.74. The van der Waals surface area contributed by atoms with Gasteiger partial charge in [0.15, 0.2) is 5.96 Å². The summed E-state index contributed by atoms with van der Waals surface area (Å²) in [6.45, 7) is 8.50. The van der Waals surface area contributed by atoms with Crippen molar-refractivity contribution < 1.29 is 4.74 Å². The van der Waals surface area contributed by atoms with E-state index in [4.69, 9.17) is 4.74 Å². The van der Waals surface area contributed by atoms with Gasteiger partial charge in [0.2, 0.25) is 0 Å². The largest absolute Gasteiger partial charge is 0.492 e. The number of aromatic nitrogens is 1. The third-order valence-electron chi connectivity index (χ3n) is 3.77. The quantitative estimate of drug-likeness (QED) is 0.430. The van der Waals surface area contributed by atoms with Crippen LogP contribution in [0.25, 0.3) is 0 Å². The summed E-state index contributed by atoms with van der Waals surface area (Å²) in [5.41, 5.74) is 2.45. The van der Waals surface area contributed by atoms with E-state index in [2.05, 4.69) is 52.0 Å². The van der Waals surface area contributed by atoms with E-state index in [1.165, 1.54) is 5.56 Å². The van der Waals surface area contributed by atoms with Gasteiger partial charge in [-0.2, -0.15) is 0 Å². The second-order valence-electron chi connectivity index (χ2n) is 6.11. The first-order chi connectivity index (χ1) is 12.1. The molecule has 1 heterocycles. The van der Waals surface area contributed by atoms with Crippen LogP contribution in [0, 0.1) is 6.92 Å². The molecule has 25 heavy (non-hydrogen) atoms. The fraction of sp³-hybridized carbons (Fsp3) is 0.474. The fourth-order valence-corrected chi connectivity index (χ4v) is 2.99. The lowest BCUT2D eigenvalue weighted by atomic mass is 10.0. The van der Waals surface area contributed by atoms with E-state index in [1.54, 1.807) is 18.4 Å². The van der Waals surface area contributed by atoms with Gasteiger partial charge in [0.05, 0.1) is 17.2 Å². The van der Waals surface area contributed by atoms with Crippen LogP contribution in [0.5, 0.6) is 5.75 Å². The second-order valence-corrected chi connectivity index (χ2v) is 7.17. The highest BCUT2D eigenvalue weighted by Crippen LogP contribution is 2.18. The Kier molecular flexibility index (Phi) is 7.73. The highest BCUT2D eigenvalue weighted by atomic mass is 32.1. The number of ether oxygens (including phenoxy) is 1. The molecule has 0 saturated carbocycles. The number of thiazole rings is 1. The van der Waals surface area contributed by atoms with Crippen molar-refractivity contribution in [2.45, 2.75) is 33.1 Å². The number of aliphatic imine (C=N–C) groups is 1. The Morgan fingerprint density at radius 2 is 1.92 bits per heavy atom. The Morgan fingerprint density at radius 1 is 1.20 bits per heavy atom. The van der Waals surface area contributed by atoms with Gasteiger partial charge >= 0.3 is 0 Å². The smallest absolute Gasteiger partial charge is 0.191 e. The lowest BCUT2D eigenvalue weighted by Crippen LogP contribution is -2.40. The van der Waals surface area contributed by atoms with Crippen LogP contribution in [-0.4, -0.2) is 37.7 Å². The molecule has 0 radical (unpaired) electrons. The van der Waals surface area contributed by atoms with Gasteiger partial charge in [0.1, 0.15) is 12.4 Å². The topological polar surface area (TPSA) is 58.5 Å². The van der Waals surface area contributed by atoms with Crippen LogP contribution in [0.15, 0.2) is 34.6 Å². The molecule has 136 valence electrons. The van der Waals surface area contributed by atoms with Crippen LogP contribution < -0.4 is 15.4 Å². The van der Waals surface area contributed by atoms with Gasteiger partial charge in [-0.05, 0) is 30.5 Å². The van der Waals surface area contributed by atoms with Crippen molar-refractivity contribution in [2.75, 3.05) is 26.7 Å². The lowest BCUT2D eigenvalue weighted by molar-refractivity contribution is 0.322. The van der Waals surface area contributed by atoms with Gasteiger partial charge < -0.3 is 15.4 Å². The highest BCUT2D eigenvalue weighted by molar-refractivity contribution is 7.09. The maximum atomic E-state index is 5.76. The van der Waals surface area contributed by atoms with Crippen LogP contribution in [0.2, 0.25) is 0 Å². The molecule has 2 aromatic rings. The van der Waals surface area contributed by atoms with Gasteiger partial charge in [-0.15, -0.1) is 11.3 Å². The number of benzene rings is 1. The number of nitrogens with one attached hydrogen (secondary N) is 2. The predicted octanol–water partition coefficient (Wildman–Crippen LogP) is 3.36. The average Bonchev–Trinajstić information content (AvgIpc) is 3.02. The number of aryl methyl sites for hydroxylation is 1. The Bertz CT molecular complexity index is 664. The molecule has 5 nitrogen and oxygen atoms in total. The molecule has 0 bridgehead atoms. The zero-order chi connectivity index (χ0) is 18.1. The van der Waals surface area contributed by atoms with E-state index in [9.17, 15) is 0 Å². The molecule has 0 unspecified atom stereocenters. The molecule has 1 aromatic heterocycles. The van der Waals surface area contributed by atoms with Crippen molar-refractivity contribution in [1.29, 1.82) is 0 Å². The van der Waals surface area contributed by atoms with Crippen molar-refractivity contribution in [3.05, 3.63) is 45.9 Å². The molecule has 0 amide bonds. The van der Waals surface area contributed by atoms with E-state index in [-0.39, 0.29) is 0 Å². The van der Waals surface area contributed by atoms with E-state index in [0.29, 0.717) is 19.1 Å². The molecule has 0 fully saturated rings. The zero-order valence-corrected chi connectivity index (χ0v) is 16.3. The summed E-state index contributed by atoms with van der Waals surface area (Å²) in [4.78, 5) is 8.68. The number of nitrogens with zero attached hydrogens (tertiary/aromatic N) is 2. The summed E-state index contributed by atoms with van der Waals surface area (Å²) in [7, 11) is 1.77. The number of guanidine groups is 1. The molecular weight excluding hydrogens is 332 g/mol. The summed E-state index contributed by atoms with van der Waals surface area (Å²) < 4.78 is 5.76. The summed E-state index contributed by atoms with van der Waals surface area (Å²) >= 11 is 1.68. The van der Waals surface area contributed by atoms with E-state index in [0.717, 1.165) is 35.4 Å². The van der Waals surface area contributed by atoms with Crippen molar-refractivity contribution >= 4 is 17.3 Å². The van der Waals surface area contributed by atoms with Gasteiger partial charge in [-0.3, -0.25) is 4.99 Å². The van der Waals surface area contributed by atoms with Crippen molar-refractivity contribution in [3.63, 3.8) is 0 Å². The summed E-state index contributed by atoms with van der Waals surface area (Å²) in [6.07, 6.45) is 0.893. The SMILES string of the molecule is CN=C(NCCOc1ccc(C(C)C)cc1)NCCc1csc(C)n1. The molecule has 2 rings (SSSR count). The first kappa shape index (κ1) is 19.2. The molecule has 0 atom stereocenters. The fourth-order valence-electron chi connectivity index (χ4n) is 2.34. The average molecular weight is 361 g/mol. The number of rotatable bonds is 8. The number of hydrogen-bond acceptors (Lipinski definition) is 4. The van der Waals surface area contributed by atoms with E-state index in [1.807, 2.05) is 19.1 Å². The molecule has 1 aromatic carbocycles. The van der Waals surface area contributed by atoms with Crippen LogP contribution in [-0.2, 0) is 6.42 Å². The summed E-state index contributed by atoms with van der Waals surface area (Å²) in [6, 6.07) is 8.29. The zero-order valence-electron chi connectivity index (χ0n) is 15.5. The lowest BCUT2D eigenvalue weighted by Gasteiger charge is -2.12. The summed E-state index contributed by atoms with van der Waals surface area (Å²) in [5, 5.41) is 9.76. The normalized spacial score (nSPS) is 11.6. The van der Waals surface area contributed by atoms with Crippen LogP contribution in [0.1, 0.15) is 36.0 Å². The van der Waals surface area contributed by atoms with Crippen LogP contribution in [0.4, 0.5) is 0 Å². The molecular formula is C19H28N4OS. The molecule has 0 aliphatic carbocycles. The van der Waals surface area contributed by atoms with Crippen molar-refractivity contribution in [3.8, 4) is 5.75 Å². The first-order valence-electron chi connectivity index (χ1n) is 8.66. The predicted molar refractivity (Wildman–Crippen MR) is 106 cm³/mol. The van der Waals surface area contributed by atoms with Gasteiger partial charge in [0, 0.05) is 25.4 Å². The van der Waals surface area contributed by atoms with Gasteiger partial charge in [-0.25, -0.2) is 4.98 Å². The van der Waals surface area contributed by atoms with Gasteiger partial charge in [0.25, 0.3) is 0 Å². The first-order valence-corrected chi connectivity index (χ1v) is 9.54. The van der Waals surface area contributed by atoms with Crippen molar-refractivity contribution in [1.82, 2.24) is 15.6 Å². The maximum absolute atomic E-state index is 5.76. The maximum Gasteiger partial charge on any atom is 0.191 e. The third-order valence-corrected chi connectivity index (χ3v) is 4.60. The Hall–Kier alpha value is -2.08. The minimum Gasteiger partial charge on any atom is -0.492 e. The van der Waals surface area contributed by atoms with Crippen LogP contribution in [0.3, 0.4) is 0 Å². The molecule has 0 saturated heterocycles. The Labute approximate surface area is 154 Å². The van der Waals surface area contributed by atoms with E-state index >= 15 is 0 Å². The van der Waals surface area contributed by atoms with Crippen LogP contribution >= 0.6 is 11.3 Å². The minimum absolute atomic E-state index is 0.540. The highest BCUT2D eigenvalue weighted by Gasteiger charge is 2.02. The van der Waals surface area contributed by atoms with E-state index < -0.39 is 0 Å². The Balaban J connectivity index is 1.63.